The van der Waals surface area contributed by atoms with Crippen molar-refractivity contribution in [2.24, 2.45) is 0 Å². The predicted octanol–water partition coefficient (Wildman–Crippen LogP) is 2.42. The molecule has 1 fully saturated rings. The molecule has 0 radical (unpaired) electrons. The van der Waals surface area contributed by atoms with Crippen LogP contribution in [0.5, 0.6) is 0 Å². The van der Waals surface area contributed by atoms with Crippen LogP contribution in [0.2, 0.25) is 0 Å². The number of carbonyl (C=O) groups excluding carboxylic acids is 1. The van der Waals surface area contributed by atoms with Gasteiger partial charge in [0.15, 0.2) is 0 Å². The van der Waals surface area contributed by atoms with Gasteiger partial charge in [-0.15, -0.1) is 0 Å². The van der Waals surface area contributed by atoms with Crippen molar-refractivity contribution in [3.05, 3.63) is 0 Å². The maximum atomic E-state index is 12.0. The number of amides is 1. The fourth-order valence-corrected chi connectivity index (χ4v) is 1.73. The van der Waals surface area contributed by atoms with Crippen LogP contribution in [0.4, 0.5) is 4.79 Å². The molecule has 0 bridgehead atoms. The van der Waals surface area contributed by atoms with E-state index in [9.17, 15) is 4.79 Å². The third kappa shape index (κ3) is 3.67. The van der Waals surface area contributed by atoms with Crippen LogP contribution in [0.3, 0.4) is 0 Å². The van der Waals surface area contributed by atoms with E-state index >= 15 is 0 Å². The van der Waals surface area contributed by atoms with Gasteiger partial charge in [0.25, 0.3) is 0 Å². The Morgan fingerprint density at radius 3 is 2.62 bits per heavy atom. The average Bonchev–Trinajstić information content (AvgIpc) is 2.15. The average molecular weight is 229 g/mol. The van der Waals surface area contributed by atoms with Crippen molar-refractivity contribution in [2.45, 2.75) is 58.8 Å². The van der Waals surface area contributed by atoms with Gasteiger partial charge in [0, 0.05) is 0 Å². The fraction of sp³-hybridized carbons (Fsp3) is 0.917. The van der Waals surface area contributed by atoms with Crippen LogP contribution in [-0.2, 0) is 9.47 Å². The second-order valence-electron chi connectivity index (χ2n) is 5.34. The van der Waals surface area contributed by atoms with Gasteiger partial charge in [-0.2, -0.15) is 0 Å². The summed E-state index contributed by atoms with van der Waals surface area (Å²) < 4.78 is 10.9. The van der Waals surface area contributed by atoms with E-state index in [0.717, 1.165) is 6.42 Å². The van der Waals surface area contributed by atoms with E-state index in [1.165, 1.54) is 0 Å². The quantitative estimate of drug-likeness (QED) is 0.693. The summed E-state index contributed by atoms with van der Waals surface area (Å²) in [7, 11) is 0. The van der Waals surface area contributed by atoms with Gasteiger partial charge in [-0.25, -0.2) is 4.79 Å². The first-order chi connectivity index (χ1) is 7.33. The zero-order chi connectivity index (χ0) is 12.3. The van der Waals surface area contributed by atoms with Crippen molar-refractivity contribution in [1.82, 2.24) is 4.90 Å². The molecule has 0 saturated carbocycles. The van der Waals surface area contributed by atoms with E-state index in [-0.39, 0.29) is 18.2 Å². The van der Waals surface area contributed by atoms with Crippen LogP contribution in [0.25, 0.3) is 0 Å². The third-order valence-corrected chi connectivity index (χ3v) is 2.57. The van der Waals surface area contributed by atoms with Gasteiger partial charge in [0.05, 0.1) is 25.3 Å². The zero-order valence-corrected chi connectivity index (χ0v) is 10.9. The van der Waals surface area contributed by atoms with Crippen molar-refractivity contribution >= 4 is 6.09 Å². The maximum Gasteiger partial charge on any atom is 0.410 e. The molecule has 1 amide bonds. The van der Waals surface area contributed by atoms with Crippen molar-refractivity contribution in [1.29, 1.82) is 0 Å². The number of carbonyl (C=O) groups is 1. The summed E-state index contributed by atoms with van der Waals surface area (Å²) in [5, 5.41) is 0. The molecule has 1 saturated heterocycles. The van der Waals surface area contributed by atoms with Gasteiger partial charge in [-0.1, -0.05) is 6.92 Å². The standard InChI is InChI=1S/C12H23NO3/c1-6-10-8-15-9(2)7-13(10)11(14)16-12(3,4)5/h9-10H,6-8H2,1-5H3. The lowest BCUT2D eigenvalue weighted by atomic mass is 10.1. The second-order valence-corrected chi connectivity index (χ2v) is 5.34. The minimum atomic E-state index is -0.434. The number of morpholine rings is 1. The first-order valence-corrected chi connectivity index (χ1v) is 5.94. The highest BCUT2D eigenvalue weighted by atomic mass is 16.6. The molecular formula is C12H23NO3. The molecule has 16 heavy (non-hydrogen) atoms. The van der Waals surface area contributed by atoms with Crippen molar-refractivity contribution in [3.63, 3.8) is 0 Å². The molecule has 0 aromatic rings. The summed E-state index contributed by atoms with van der Waals surface area (Å²) in [6, 6.07) is 0.144. The molecular weight excluding hydrogens is 206 g/mol. The van der Waals surface area contributed by atoms with Gasteiger partial charge in [-0.05, 0) is 34.1 Å². The Balaban J connectivity index is 2.63. The second kappa shape index (κ2) is 5.04. The number of rotatable bonds is 1. The van der Waals surface area contributed by atoms with E-state index in [4.69, 9.17) is 9.47 Å². The number of hydrogen-bond acceptors (Lipinski definition) is 3. The van der Waals surface area contributed by atoms with Crippen molar-refractivity contribution < 1.29 is 14.3 Å². The Bertz CT molecular complexity index is 247. The van der Waals surface area contributed by atoms with E-state index in [1.807, 2.05) is 27.7 Å². The van der Waals surface area contributed by atoms with Crippen LogP contribution in [0.15, 0.2) is 0 Å². The number of hydrogen-bond donors (Lipinski definition) is 0. The normalized spacial score (nSPS) is 26.7. The van der Waals surface area contributed by atoms with Gasteiger partial charge in [-0.3, -0.25) is 0 Å². The third-order valence-electron chi connectivity index (χ3n) is 2.57. The fourth-order valence-electron chi connectivity index (χ4n) is 1.73. The number of nitrogens with zero attached hydrogens (tertiary/aromatic N) is 1. The smallest absolute Gasteiger partial charge is 0.410 e. The highest BCUT2D eigenvalue weighted by Gasteiger charge is 2.32. The SMILES string of the molecule is CCC1COC(C)CN1C(=O)OC(C)(C)C. The summed E-state index contributed by atoms with van der Waals surface area (Å²) >= 11 is 0. The summed E-state index contributed by atoms with van der Waals surface area (Å²) in [4.78, 5) is 13.8. The van der Waals surface area contributed by atoms with E-state index in [2.05, 4.69) is 6.92 Å². The minimum Gasteiger partial charge on any atom is -0.444 e. The molecule has 0 aromatic carbocycles. The zero-order valence-electron chi connectivity index (χ0n) is 10.9. The first kappa shape index (κ1) is 13.3. The van der Waals surface area contributed by atoms with E-state index in [0.29, 0.717) is 13.2 Å². The molecule has 1 aliphatic rings. The van der Waals surface area contributed by atoms with Crippen LogP contribution >= 0.6 is 0 Å². The van der Waals surface area contributed by atoms with Gasteiger partial charge in [0.1, 0.15) is 5.60 Å². The predicted molar refractivity (Wildman–Crippen MR) is 62.4 cm³/mol. The molecule has 1 rings (SSSR count). The molecule has 0 aromatic heterocycles. The molecule has 2 atom stereocenters. The summed E-state index contributed by atoms with van der Waals surface area (Å²) in [5.74, 6) is 0. The van der Waals surface area contributed by atoms with Gasteiger partial charge >= 0.3 is 6.09 Å². The molecule has 1 heterocycles. The largest absolute Gasteiger partial charge is 0.444 e. The van der Waals surface area contributed by atoms with E-state index < -0.39 is 5.60 Å². The Morgan fingerprint density at radius 2 is 2.12 bits per heavy atom. The summed E-state index contributed by atoms with van der Waals surface area (Å²) in [6.07, 6.45) is 0.760. The molecule has 0 aliphatic carbocycles. The molecule has 94 valence electrons. The monoisotopic (exact) mass is 229 g/mol. The first-order valence-electron chi connectivity index (χ1n) is 5.94. The lowest BCUT2D eigenvalue weighted by Crippen LogP contribution is -2.52. The number of ether oxygens (including phenoxy) is 2. The van der Waals surface area contributed by atoms with Crippen molar-refractivity contribution in [3.8, 4) is 0 Å². The van der Waals surface area contributed by atoms with Crippen LogP contribution < -0.4 is 0 Å². The topological polar surface area (TPSA) is 38.8 Å². The molecule has 4 nitrogen and oxygen atoms in total. The molecule has 2 unspecified atom stereocenters. The van der Waals surface area contributed by atoms with Gasteiger partial charge in [0.2, 0.25) is 0 Å². The van der Waals surface area contributed by atoms with Crippen molar-refractivity contribution in [2.75, 3.05) is 13.2 Å². The Labute approximate surface area is 97.9 Å². The summed E-state index contributed by atoms with van der Waals surface area (Å²) in [6.45, 7) is 10.9. The lowest BCUT2D eigenvalue weighted by molar-refractivity contribution is -0.0638. The Morgan fingerprint density at radius 1 is 1.50 bits per heavy atom. The lowest BCUT2D eigenvalue weighted by Gasteiger charge is -2.38. The Kier molecular flexibility index (Phi) is 4.19. The van der Waals surface area contributed by atoms with Crippen LogP contribution in [0.1, 0.15) is 41.0 Å². The maximum absolute atomic E-state index is 12.0. The summed E-state index contributed by atoms with van der Waals surface area (Å²) in [5.41, 5.74) is -0.434. The Hall–Kier alpha value is -0.770. The molecule has 0 spiro atoms. The van der Waals surface area contributed by atoms with Gasteiger partial charge < -0.3 is 14.4 Å². The van der Waals surface area contributed by atoms with E-state index in [1.54, 1.807) is 4.90 Å². The molecule has 0 N–H and O–H groups in total. The highest BCUT2D eigenvalue weighted by molar-refractivity contribution is 5.68. The highest BCUT2D eigenvalue weighted by Crippen LogP contribution is 2.18. The van der Waals surface area contributed by atoms with Crippen LogP contribution in [0, 0.1) is 0 Å². The minimum absolute atomic E-state index is 0.0929. The molecule has 4 heteroatoms. The van der Waals surface area contributed by atoms with Crippen LogP contribution in [-0.4, -0.2) is 41.9 Å². The molecule has 1 aliphatic heterocycles.